The van der Waals surface area contributed by atoms with Crippen molar-refractivity contribution in [3.63, 3.8) is 0 Å². The lowest BCUT2D eigenvalue weighted by Crippen LogP contribution is -1.62. The third-order valence-corrected chi connectivity index (χ3v) is 2.13. The molecule has 0 atom stereocenters. The molecule has 0 saturated carbocycles. The summed E-state index contributed by atoms with van der Waals surface area (Å²) in [6.45, 7) is 0. The molecule has 11 heavy (non-hydrogen) atoms. The molecule has 2 aromatic rings. The lowest BCUT2D eigenvalue weighted by atomic mass is 10.3. The molecule has 0 amide bonds. The Morgan fingerprint density at radius 1 is 1.27 bits per heavy atom. The van der Waals surface area contributed by atoms with Gasteiger partial charge in [-0.05, 0) is 29.8 Å². The average molecular weight is 231 g/mol. The number of fused-ring (bicyclic) bond motifs is 1. The summed E-state index contributed by atoms with van der Waals surface area (Å²) in [4.78, 5) is 0. The molecule has 0 radical (unpaired) electrons. The summed E-state index contributed by atoms with van der Waals surface area (Å²) in [5.74, 6) is 0. The van der Waals surface area contributed by atoms with E-state index in [0.717, 1.165) is 15.4 Å². The standard InChI is InChI=1S/C8H4BrClO/c9-6-2-1-5-3-8(10)11-7(5)4-6/h1-4H. The highest BCUT2D eigenvalue weighted by molar-refractivity contribution is 9.10. The van der Waals surface area contributed by atoms with Gasteiger partial charge in [0.2, 0.25) is 0 Å². The lowest BCUT2D eigenvalue weighted by Gasteiger charge is -1.87. The van der Waals surface area contributed by atoms with Gasteiger partial charge in [-0.15, -0.1) is 0 Å². The molecule has 0 bridgehead atoms. The Balaban J connectivity index is 2.82. The maximum atomic E-state index is 5.65. The zero-order valence-corrected chi connectivity index (χ0v) is 7.82. The van der Waals surface area contributed by atoms with Gasteiger partial charge in [0.05, 0.1) is 0 Å². The second kappa shape index (κ2) is 2.54. The molecule has 0 unspecified atom stereocenters. The van der Waals surface area contributed by atoms with Crippen LogP contribution in [0.2, 0.25) is 5.22 Å². The molecule has 0 fully saturated rings. The Kier molecular flexibility index (Phi) is 1.66. The van der Waals surface area contributed by atoms with Crippen molar-refractivity contribution in [2.45, 2.75) is 0 Å². The minimum Gasteiger partial charge on any atom is -0.445 e. The third kappa shape index (κ3) is 1.28. The fraction of sp³-hybridized carbons (Fsp3) is 0. The Morgan fingerprint density at radius 2 is 2.09 bits per heavy atom. The number of benzene rings is 1. The molecule has 1 heterocycles. The van der Waals surface area contributed by atoms with Gasteiger partial charge in [-0.2, -0.15) is 0 Å². The van der Waals surface area contributed by atoms with Gasteiger partial charge in [0, 0.05) is 15.9 Å². The fourth-order valence-corrected chi connectivity index (χ4v) is 1.51. The first kappa shape index (κ1) is 7.19. The van der Waals surface area contributed by atoms with Crippen molar-refractivity contribution >= 4 is 38.5 Å². The SMILES string of the molecule is Clc1cc2ccc(Br)cc2o1. The quantitative estimate of drug-likeness (QED) is 0.671. The second-order valence-corrected chi connectivity index (χ2v) is 3.52. The Morgan fingerprint density at radius 3 is 2.91 bits per heavy atom. The monoisotopic (exact) mass is 230 g/mol. The first-order valence-electron chi connectivity index (χ1n) is 3.10. The molecule has 0 spiro atoms. The first-order chi connectivity index (χ1) is 5.25. The summed E-state index contributed by atoms with van der Waals surface area (Å²) in [5, 5.41) is 1.45. The van der Waals surface area contributed by atoms with Crippen LogP contribution in [0.1, 0.15) is 0 Å². The zero-order valence-electron chi connectivity index (χ0n) is 5.47. The smallest absolute Gasteiger partial charge is 0.194 e. The van der Waals surface area contributed by atoms with Crippen LogP contribution in [0.25, 0.3) is 11.0 Å². The summed E-state index contributed by atoms with van der Waals surface area (Å²) < 4.78 is 6.18. The highest BCUT2D eigenvalue weighted by Crippen LogP contribution is 2.25. The van der Waals surface area contributed by atoms with E-state index in [-0.39, 0.29) is 0 Å². The molecule has 0 aliphatic carbocycles. The van der Waals surface area contributed by atoms with Crippen LogP contribution in [0.15, 0.2) is 33.2 Å². The molecule has 0 aliphatic rings. The van der Waals surface area contributed by atoms with Crippen molar-refractivity contribution < 1.29 is 4.42 Å². The molecular weight excluding hydrogens is 227 g/mol. The number of furan rings is 1. The van der Waals surface area contributed by atoms with Crippen LogP contribution >= 0.6 is 27.5 Å². The first-order valence-corrected chi connectivity index (χ1v) is 4.27. The van der Waals surface area contributed by atoms with Crippen molar-refractivity contribution in [3.05, 3.63) is 34.0 Å². The number of hydrogen-bond acceptors (Lipinski definition) is 1. The number of rotatable bonds is 0. The minimum absolute atomic E-state index is 0.429. The Hall–Kier alpha value is -0.470. The molecule has 1 nitrogen and oxygen atoms in total. The van der Waals surface area contributed by atoms with E-state index in [9.17, 15) is 0 Å². The van der Waals surface area contributed by atoms with Gasteiger partial charge in [-0.1, -0.05) is 15.9 Å². The van der Waals surface area contributed by atoms with Crippen LogP contribution < -0.4 is 0 Å². The van der Waals surface area contributed by atoms with Gasteiger partial charge in [0.15, 0.2) is 5.22 Å². The molecular formula is C8H4BrClO. The van der Waals surface area contributed by atoms with E-state index in [1.54, 1.807) is 6.07 Å². The van der Waals surface area contributed by atoms with Crippen molar-refractivity contribution in [2.24, 2.45) is 0 Å². The van der Waals surface area contributed by atoms with Crippen LogP contribution in [0.5, 0.6) is 0 Å². The van der Waals surface area contributed by atoms with Crippen LogP contribution in [-0.4, -0.2) is 0 Å². The number of halogens is 2. The maximum absolute atomic E-state index is 5.65. The Labute approximate surface area is 77.1 Å². The van der Waals surface area contributed by atoms with Crippen LogP contribution in [0.3, 0.4) is 0 Å². The van der Waals surface area contributed by atoms with E-state index in [0.29, 0.717) is 5.22 Å². The Bertz CT molecular complexity index is 394. The lowest BCUT2D eigenvalue weighted by molar-refractivity contribution is 0.618. The maximum Gasteiger partial charge on any atom is 0.194 e. The molecule has 0 saturated heterocycles. The average Bonchev–Trinajstić information content (AvgIpc) is 2.27. The third-order valence-electron chi connectivity index (χ3n) is 1.45. The van der Waals surface area contributed by atoms with Crippen LogP contribution in [0, 0.1) is 0 Å². The highest BCUT2D eigenvalue weighted by atomic mass is 79.9. The van der Waals surface area contributed by atoms with Crippen molar-refractivity contribution in [1.82, 2.24) is 0 Å². The van der Waals surface area contributed by atoms with Gasteiger partial charge in [0.1, 0.15) is 5.58 Å². The van der Waals surface area contributed by atoms with E-state index in [4.69, 9.17) is 16.0 Å². The molecule has 1 aromatic heterocycles. The van der Waals surface area contributed by atoms with E-state index in [2.05, 4.69) is 15.9 Å². The summed E-state index contributed by atoms with van der Waals surface area (Å²) in [7, 11) is 0. The normalized spacial score (nSPS) is 10.7. The minimum atomic E-state index is 0.429. The highest BCUT2D eigenvalue weighted by Gasteiger charge is 2.00. The molecule has 0 aliphatic heterocycles. The van der Waals surface area contributed by atoms with E-state index in [1.165, 1.54) is 0 Å². The van der Waals surface area contributed by atoms with E-state index >= 15 is 0 Å². The van der Waals surface area contributed by atoms with Gasteiger partial charge in [-0.3, -0.25) is 0 Å². The largest absolute Gasteiger partial charge is 0.445 e. The van der Waals surface area contributed by atoms with E-state index in [1.807, 2.05) is 18.2 Å². The molecule has 56 valence electrons. The predicted molar refractivity (Wildman–Crippen MR) is 48.9 cm³/mol. The number of hydrogen-bond donors (Lipinski definition) is 0. The zero-order chi connectivity index (χ0) is 7.84. The van der Waals surface area contributed by atoms with Crippen molar-refractivity contribution in [1.29, 1.82) is 0 Å². The summed E-state index contributed by atoms with van der Waals surface area (Å²) in [6.07, 6.45) is 0. The molecule has 2 rings (SSSR count). The summed E-state index contributed by atoms with van der Waals surface area (Å²) >= 11 is 8.99. The van der Waals surface area contributed by atoms with Crippen LogP contribution in [-0.2, 0) is 0 Å². The molecule has 3 heteroatoms. The van der Waals surface area contributed by atoms with Gasteiger partial charge >= 0.3 is 0 Å². The van der Waals surface area contributed by atoms with Gasteiger partial charge in [-0.25, -0.2) is 0 Å². The van der Waals surface area contributed by atoms with Crippen LogP contribution in [0.4, 0.5) is 0 Å². The van der Waals surface area contributed by atoms with E-state index < -0.39 is 0 Å². The van der Waals surface area contributed by atoms with Crippen molar-refractivity contribution in [2.75, 3.05) is 0 Å². The summed E-state index contributed by atoms with van der Waals surface area (Å²) in [6, 6.07) is 7.59. The van der Waals surface area contributed by atoms with Gasteiger partial charge < -0.3 is 4.42 Å². The van der Waals surface area contributed by atoms with Gasteiger partial charge in [0.25, 0.3) is 0 Å². The predicted octanol–water partition coefficient (Wildman–Crippen LogP) is 3.85. The van der Waals surface area contributed by atoms with Crippen molar-refractivity contribution in [3.8, 4) is 0 Å². The second-order valence-electron chi connectivity index (χ2n) is 2.23. The topological polar surface area (TPSA) is 13.1 Å². The fourth-order valence-electron chi connectivity index (χ4n) is 0.973. The molecule has 1 aromatic carbocycles. The molecule has 0 N–H and O–H groups in total. The summed E-state index contributed by atoms with van der Waals surface area (Å²) in [5.41, 5.74) is 0.810.